The summed E-state index contributed by atoms with van der Waals surface area (Å²) < 4.78 is 0. The third kappa shape index (κ3) is 4.51. The van der Waals surface area contributed by atoms with Crippen LogP contribution in [0.15, 0.2) is 18.3 Å². The molecule has 110 valence electrons. The molecular weight excluding hydrogens is 250 g/mol. The van der Waals surface area contributed by atoms with E-state index in [-0.39, 0.29) is 5.91 Å². The molecule has 0 spiro atoms. The van der Waals surface area contributed by atoms with Gasteiger partial charge in [-0.1, -0.05) is 25.7 Å². The van der Waals surface area contributed by atoms with E-state index in [0.29, 0.717) is 5.56 Å². The number of hydrogen-bond acceptors (Lipinski definition) is 3. The van der Waals surface area contributed by atoms with Crippen LogP contribution in [0.5, 0.6) is 0 Å². The lowest BCUT2D eigenvalue weighted by molar-refractivity contribution is 0.0952. The minimum absolute atomic E-state index is 0.0213. The second-order valence-electron chi connectivity index (χ2n) is 5.51. The molecule has 2 rings (SSSR count). The Morgan fingerprint density at radius 2 is 2.15 bits per heavy atom. The third-order valence-corrected chi connectivity index (χ3v) is 3.93. The smallest absolute Gasteiger partial charge is 0.252 e. The maximum absolute atomic E-state index is 11.9. The summed E-state index contributed by atoms with van der Waals surface area (Å²) >= 11 is 0. The van der Waals surface area contributed by atoms with Crippen molar-refractivity contribution in [3.05, 3.63) is 23.9 Å². The van der Waals surface area contributed by atoms with Crippen LogP contribution in [0.25, 0.3) is 0 Å². The van der Waals surface area contributed by atoms with Gasteiger partial charge in [-0.15, -0.1) is 0 Å². The predicted molar refractivity (Wildman–Crippen MR) is 81.9 cm³/mol. The van der Waals surface area contributed by atoms with Crippen molar-refractivity contribution in [3.8, 4) is 0 Å². The molecule has 0 aromatic carbocycles. The fourth-order valence-corrected chi connectivity index (χ4v) is 2.81. The molecular formula is C16H25N3O. The maximum atomic E-state index is 11.9. The largest absolute Gasteiger partial charge is 0.370 e. The quantitative estimate of drug-likeness (QED) is 0.751. The Hall–Kier alpha value is -1.58. The fraction of sp³-hybridized carbons (Fsp3) is 0.625. The van der Waals surface area contributed by atoms with Crippen LogP contribution in [0, 0.1) is 5.92 Å². The van der Waals surface area contributed by atoms with Crippen molar-refractivity contribution in [1.29, 1.82) is 0 Å². The summed E-state index contributed by atoms with van der Waals surface area (Å²) in [5.41, 5.74) is 0.632. The van der Waals surface area contributed by atoms with Crippen LogP contribution >= 0.6 is 0 Å². The molecule has 4 heteroatoms. The molecule has 2 N–H and O–H groups in total. The van der Waals surface area contributed by atoms with Crippen molar-refractivity contribution in [3.63, 3.8) is 0 Å². The normalized spacial score (nSPS) is 15.2. The third-order valence-electron chi connectivity index (χ3n) is 3.93. The van der Waals surface area contributed by atoms with Crippen LogP contribution in [-0.2, 0) is 0 Å². The van der Waals surface area contributed by atoms with Crippen LogP contribution in [0.1, 0.15) is 55.8 Å². The summed E-state index contributed by atoms with van der Waals surface area (Å²) in [5, 5.41) is 6.09. The van der Waals surface area contributed by atoms with Gasteiger partial charge in [0.15, 0.2) is 0 Å². The van der Waals surface area contributed by atoms with E-state index in [1.807, 2.05) is 19.1 Å². The van der Waals surface area contributed by atoms with E-state index in [1.54, 1.807) is 6.20 Å². The average molecular weight is 275 g/mol. The van der Waals surface area contributed by atoms with Crippen molar-refractivity contribution in [2.45, 2.75) is 45.4 Å². The van der Waals surface area contributed by atoms with Crippen molar-refractivity contribution in [1.82, 2.24) is 10.3 Å². The molecule has 0 radical (unpaired) electrons. The number of amides is 1. The van der Waals surface area contributed by atoms with E-state index in [4.69, 9.17) is 0 Å². The molecule has 1 heterocycles. The second-order valence-corrected chi connectivity index (χ2v) is 5.51. The van der Waals surface area contributed by atoms with E-state index in [2.05, 4.69) is 15.6 Å². The Morgan fingerprint density at radius 1 is 1.35 bits per heavy atom. The lowest BCUT2D eigenvalue weighted by Gasteiger charge is -2.09. The van der Waals surface area contributed by atoms with Gasteiger partial charge >= 0.3 is 0 Å². The van der Waals surface area contributed by atoms with Gasteiger partial charge in [0.25, 0.3) is 5.91 Å². The molecule has 0 saturated heterocycles. The molecule has 0 unspecified atom stereocenters. The predicted octanol–water partition coefficient (Wildman–Crippen LogP) is 3.21. The number of rotatable bonds is 7. The topological polar surface area (TPSA) is 54.0 Å². The van der Waals surface area contributed by atoms with Gasteiger partial charge in [0.2, 0.25) is 0 Å². The van der Waals surface area contributed by atoms with Crippen molar-refractivity contribution < 1.29 is 4.79 Å². The summed E-state index contributed by atoms with van der Waals surface area (Å²) in [4.78, 5) is 16.1. The first-order valence-corrected chi connectivity index (χ1v) is 7.77. The highest BCUT2D eigenvalue weighted by molar-refractivity contribution is 5.93. The summed E-state index contributed by atoms with van der Waals surface area (Å²) in [5.74, 6) is 1.69. The first kappa shape index (κ1) is 14.8. The Morgan fingerprint density at radius 3 is 2.80 bits per heavy atom. The van der Waals surface area contributed by atoms with Gasteiger partial charge in [0, 0.05) is 19.3 Å². The maximum Gasteiger partial charge on any atom is 0.252 e. The van der Waals surface area contributed by atoms with E-state index in [9.17, 15) is 4.79 Å². The molecule has 1 saturated carbocycles. The van der Waals surface area contributed by atoms with Crippen molar-refractivity contribution in [2.24, 2.45) is 5.92 Å². The molecule has 20 heavy (non-hydrogen) atoms. The lowest BCUT2D eigenvalue weighted by atomic mass is 10.0. The number of carbonyl (C=O) groups excluding carboxylic acids is 1. The zero-order valence-electron chi connectivity index (χ0n) is 12.3. The number of nitrogens with one attached hydrogen (secondary N) is 2. The molecule has 1 aromatic rings. The first-order chi connectivity index (χ1) is 9.79. The van der Waals surface area contributed by atoms with E-state index in [1.165, 1.54) is 32.1 Å². The zero-order valence-corrected chi connectivity index (χ0v) is 12.3. The number of hydrogen-bond donors (Lipinski definition) is 2. The lowest BCUT2D eigenvalue weighted by Crippen LogP contribution is -2.24. The minimum Gasteiger partial charge on any atom is -0.370 e. The standard InChI is InChI=1S/C16H25N3O/c1-2-17-15-10-9-14(12-19-15)16(20)18-11-5-8-13-6-3-4-7-13/h9-10,12-13H,2-8,11H2,1H3,(H,17,19)(H,18,20). The van der Waals surface area contributed by atoms with Crippen molar-refractivity contribution >= 4 is 11.7 Å². The van der Waals surface area contributed by atoms with E-state index < -0.39 is 0 Å². The molecule has 4 nitrogen and oxygen atoms in total. The van der Waals surface area contributed by atoms with Crippen LogP contribution in [0.4, 0.5) is 5.82 Å². The van der Waals surface area contributed by atoms with Crippen LogP contribution in [-0.4, -0.2) is 24.0 Å². The van der Waals surface area contributed by atoms with Gasteiger partial charge in [-0.3, -0.25) is 4.79 Å². The minimum atomic E-state index is -0.0213. The summed E-state index contributed by atoms with van der Waals surface area (Å²) in [6.45, 7) is 3.62. The molecule has 1 aliphatic carbocycles. The molecule has 1 aliphatic rings. The van der Waals surface area contributed by atoms with Gasteiger partial charge in [0.1, 0.15) is 5.82 Å². The molecule has 1 aromatic heterocycles. The summed E-state index contributed by atoms with van der Waals surface area (Å²) in [6.07, 6.45) is 9.50. The number of pyridine rings is 1. The fourth-order valence-electron chi connectivity index (χ4n) is 2.81. The number of anilines is 1. The highest BCUT2D eigenvalue weighted by Crippen LogP contribution is 2.28. The zero-order chi connectivity index (χ0) is 14.2. The van der Waals surface area contributed by atoms with E-state index in [0.717, 1.165) is 31.2 Å². The van der Waals surface area contributed by atoms with Crippen LogP contribution in [0.3, 0.4) is 0 Å². The SMILES string of the molecule is CCNc1ccc(C(=O)NCCCC2CCCC2)cn1. The highest BCUT2D eigenvalue weighted by atomic mass is 16.1. The van der Waals surface area contributed by atoms with Crippen molar-refractivity contribution in [2.75, 3.05) is 18.4 Å². The average Bonchev–Trinajstić information content (AvgIpc) is 2.98. The molecule has 0 bridgehead atoms. The van der Waals surface area contributed by atoms with Gasteiger partial charge < -0.3 is 10.6 Å². The highest BCUT2D eigenvalue weighted by Gasteiger charge is 2.14. The van der Waals surface area contributed by atoms with Crippen LogP contribution in [0.2, 0.25) is 0 Å². The van der Waals surface area contributed by atoms with Gasteiger partial charge in [-0.25, -0.2) is 4.98 Å². The Balaban J connectivity index is 1.68. The molecule has 1 amide bonds. The number of nitrogens with zero attached hydrogens (tertiary/aromatic N) is 1. The van der Waals surface area contributed by atoms with Gasteiger partial charge in [-0.05, 0) is 37.8 Å². The number of aromatic nitrogens is 1. The van der Waals surface area contributed by atoms with Gasteiger partial charge in [-0.2, -0.15) is 0 Å². The summed E-state index contributed by atoms with van der Waals surface area (Å²) in [6, 6.07) is 3.66. The molecule has 1 fully saturated rings. The monoisotopic (exact) mass is 275 g/mol. The van der Waals surface area contributed by atoms with Gasteiger partial charge in [0.05, 0.1) is 5.56 Å². The Kier molecular flexibility index (Phi) is 5.84. The van der Waals surface area contributed by atoms with Crippen LogP contribution < -0.4 is 10.6 Å². The first-order valence-electron chi connectivity index (χ1n) is 7.77. The molecule has 0 atom stereocenters. The second kappa shape index (κ2) is 7.88. The Labute approximate surface area is 121 Å². The summed E-state index contributed by atoms with van der Waals surface area (Å²) in [7, 11) is 0. The molecule has 0 aliphatic heterocycles. The van der Waals surface area contributed by atoms with E-state index >= 15 is 0 Å². The number of carbonyl (C=O) groups is 1. The Bertz CT molecular complexity index is 410.